The van der Waals surface area contributed by atoms with E-state index in [-0.39, 0.29) is 0 Å². The van der Waals surface area contributed by atoms with Crippen LogP contribution in [0, 0.1) is 0 Å². The molecule has 2 rings (SSSR count). The van der Waals surface area contributed by atoms with Gasteiger partial charge in [0.15, 0.2) is 0 Å². The molecule has 1 nitrogen and oxygen atoms in total. The van der Waals surface area contributed by atoms with Crippen molar-refractivity contribution in [2.24, 2.45) is 0 Å². The summed E-state index contributed by atoms with van der Waals surface area (Å²) in [6.45, 7) is 4.90. The van der Waals surface area contributed by atoms with Crippen LogP contribution in [0.5, 0.6) is 0 Å². The first kappa shape index (κ1) is 12.4. The summed E-state index contributed by atoms with van der Waals surface area (Å²) in [7, 11) is 0. The largest absolute Gasteiger partial charge is 0.310 e. The third-order valence-electron chi connectivity index (χ3n) is 3.61. The van der Waals surface area contributed by atoms with E-state index in [1.165, 1.54) is 43.2 Å². The van der Waals surface area contributed by atoms with Gasteiger partial charge in [-0.1, -0.05) is 36.8 Å². The molecule has 17 heavy (non-hydrogen) atoms. The van der Waals surface area contributed by atoms with Crippen LogP contribution in [0.1, 0.15) is 49.3 Å². The predicted octanol–water partition coefficient (Wildman–Crippen LogP) is 4.01. The van der Waals surface area contributed by atoms with E-state index in [1.807, 2.05) is 6.08 Å². The zero-order chi connectivity index (χ0) is 11.9. The third kappa shape index (κ3) is 3.44. The number of nitrogens with one attached hydrogen (secondary N) is 1. The second kappa shape index (κ2) is 6.61. The van der Waals surface area contributed by atoms with Gasteiger partial charge in [-0.3, -0.25) is 0 Å². The Kier molecular flexibility index (Phi) is 4.81. The van der Waals surface area contributed by atoms with Crippen LogP contribution in [0.15, 0.2) is 36.9 Å². The Morgan fingerprint density at radius 3 is 3.00 bits per heavy atom. The van der Waals surface area contributed by atoms with Crippen molar-refractivity contribution in [2.75, 3.05) is 6.54 Å². The molecule has 0 bridgehead atoms. The standard InChI is InChI=1S/C16H23N/c1-2-3-4-5-8-13-17-16-12-11-14-9-6-7-10-15(14)16/h2,6-7,9-10,16-17H,1,3-5,8,11-13H2. The summed E-state index contributed by atoms with van der Waals surface area (Å²) in [6, 6.07) is 9.45. The number of aryl methyl sites for hydroxylation is 1. The summed E-state index contributed by atoms with van der Waals surface area (Å²) in [6.07, 6.45) is 9.57. The molecular formula is C16H23N. The molecule has 1 aliphatic carbocycles. The SMILES string of the molecule is C=CCCCCCNC1CCc2ccccc21. The van der Waals surface area contributed by atoms with Crippen molar-refractivity contribution in [2.45, 2.75) is 44.6 Å². The van der Waals surface area contributed by atoms with E-state index in [0.717, 1.165) is 13.0 Å². The maximum atomic E-state index is 3.75. The molecule has 0 amide bonds. The van der Waals surface area contributed by atoms with E-state index in [4.69, 9.17) is 0 Å². The van der Waals surface area contributed by atoms with Crippen LogP contribution in [0.4, 0.5) is 0 Å². The molecule has 0 fully saturated rings. The number of hydrogen-bond acceptors (Lipinski definition) is 1. The second-order valence-corrected chi connectivity index (χ2v) is 4.88. The monoisotopic (exact) mass is 229 g/mol. The van der Waals surface area contributed by atoms with E-state index < -0.39 is 0 Å². The van der Waals surface area contributed by atoms with Crippen molar-refractivity contribution in [3.63, 3.8) is 0 Å². The van der Waals surface area contributed by atoms with Gasteiger partial charge in [0.05, 0.1) is 0 Å². The van der Waals surface area contributed by atoms with Crippen molar-refractivity contribution in [1.82, 2.24) is 5.32 Å². The fraction of sp³-hybridized carbons (Fsp3) is 0.500. The first-order chi connectivity index (χ1) is 8.42. The van der Waals surface area contributed by atoms with Gasteiger partial charge in [0, 0.05) is 6.04 Å². The Labute approximate surface area is 105 Å². The molecule has 0 aliphatic heterocycles. The summed E-state index contributed by atoms with van der Waals surface area (Å²) < 4.78 is 0. The van der Waals surface area contributed by atoms with Crippen molar-refractivity contribution in [1.29, 1.82) is 0 Å². The lowest BCUT2D eigenvalue weighted by Crippen LogP contribution is -2.20. The highest BCUT2D eigenvalue weighted by molar-refractivity contribution is 5.34. The first-order valence-corrected chi connectivity index (χ1v) is 6.84. The highest BCUT2D eigenvalue weighted by atomic mass is 14.9. The quantitative estimate of drug-likeness (QED) is 0.550. The highest BCUT2D eigenvalue weighted by Gasteiger charge is 2.20. The van der Waals surface area contributed by atoms with Crippen LogP contribution in [0.25, 0.3) is 0 Å². The molecular weight excluding hydrogens is 206 g/mol. The van der Waals surface area contributed by atoms with Gasteiger partial charge >= 0.3 is 0 Å². The molecule has 0 heterocycles. The summed E-state index contributed by atoms with van der Waals surface area (Å²) in [5.41, 5.74) is 3.07. The van der Waals surface area contributed by atoms with Crippen LogP contribution in [0.2, 0.25) is 0 Å². The summed E-state index contributed by atoms with van der Waals surface area (Å²) in [5.74, 6) is 0. The van der Waals surface area contributed by atoms with Gasteiger partial charge in [-0.15, -0.1) is 6.58 Å². The maximum Gasteiger partial charge on any atom is 0.0326 e. The Morgan fingerprint density at radius 2 is 2.12 bits per heavy atom. The van der Waals surface area contributed by atoms with E-state index in [9.17, 15) is 0 Å². The molecule has 1 N–H and O–H groups in total. The van der Waals surface area contributed by atoms with Crippen LogP contribution in [0.3, 0.4) is 0 Å². The molecule has 0 spiro atoms. The van der Waals surface area contributed by atoms with Gasteiger partial charge in [0.2, 0.25) is 0 Å². The zero-order valence-corrected chi connectivity index (χ0v) is 10.6. The van der Waals surface area contributed by atoms with Crippen LogP contribution >= 0.6 is 0 Å². The Balaban J connectivity index is 1.69. The average Bonchev–Trinajstić information content (AvgIpc) is 2.77. The number of benzene rings is 1. The summed E-state index contributed by atoms with van der Waals surface area (Å²) >= 11 is 0. The summed E-state index contributed by atoms with van der Waals surface area (Å²) in [4.78, 5) is 0. The minimum Gasteiger partial charge on any atom is -0.310 e. The molecule has 1 atom stereocenters. The number of unbranched alkanes of at least 4 members (excludes halogenated alkanes) is 3. The smallest absolute Gasteiger partial charge is 0.0326 e. The van der Waals surface area contributed by atoms with Crippen molar-refractivity contribution >= 4 is 0 Å². The first-order valence-electron chi connectivity index (χ1n) is 6.84. The van der Waals surface area contributed by atoms with Crippen LogP contribution in [-0.2, 0) is 6.42 Å². The van der Waals surface area contributed by atoms with Crippen molar-refractivity contribution < 1.29 is 0 Å². The number of allylic oxidation sites excluding steroid dienone is 1. The zero-order valence-electron chi connectivity index (χ0n) is 10.6. The number of hydrogen-bond donors (Lipinski definition) is 1. The minimum atomic E-state index is 0.602. The molecule has 0 radical (unpaired) electrons. The molecule has 0 aromatic heterocycles. The lowest BCUT2D eigenvalue weighted by atomic mass is 10.1. The van der Waals surface area contributed by atoms with Gasteiger partial charge < -0.3 is 5.32 Å². The highest BCUT2D eigenvalue weighted by Crippen LogP contribution is 2.30. The lowest BCUT2D eigenvalue weighted by Gasteiger charge is -2.13. The third-order valence-corrected chi connectivity index (χ3v) is 3.61. The van der Waals surface area contributed by atoms with Crippen LogP contribution < -0.4 is 5.32 Å². The lowest BCUT2D eigenvalue weighted by molar-refractivity contribution is 0.508. The van der Waals surface area contributed by atoms with Gasteiger partial charge in [0.1, 0.15) is 0 Å². The average molecular weight is 229 g/mol. The van der Waals surface area contributed by atoms with Crippen molar-refractivity contribution in [3.8, 4) is 0 Å². The fourth-order valence-electron chi connectivity index (χ4n) is 2.64. The summed E-state index contributed by atoms with van der Waals surface area (Å²) in [5, 5.41) is 3.69. The molecule has 1 aromatic carbocycles. The molecule has 0 saturated carbocycles. The van der Waals surface area contributed by atoms with E-state index in [2.05, 4.69) is 36.2 Å². The molecule has 1 aromatic rings. The Bertz CT molecular complexity index is 356. The molecule has 1 unspecified atom stereocenters. The number of rotatable bonds is 7. The van der Waals surface area contributed by atoms with E-state index in [0.29, 0.717) is 6.04 Å². The van der Waals surface area contributed by atoms with Gasteiger partial charge in [0.25, 0.3) is 0 Å². The fourth-order valence-corrected chi connectivity index (χ4v) is 2.64. The van der Waals surface area contributed by atoms with E-state index in [1.54, 1.807) is 0 Å². The van der Waals surface area contributed by atoms with Gasteiger partial charge in [-0.05, 0) is 49.8 Å². The molecule has 1 aliphatic rings. The second-order valence-electron chi connectivity index (χ2n) is 4.88. The molecule has 0 saturated heterocycles. The molecule has 92 valence electrons. The number of fused-ring (bicyclic) bond motifs is 1. The molecule has 1 heteroatoms. The van der Waals surface area contributed by atoms with Crippen LogP contribution in [-0.4, -0.2) is 6.54 Å². The van der Waals surface area contributed by atoms with Gasteiger partial charge in [-0.25, -0.2) is 0 Å². The normalized spacial score (nSPS) is 18.0. The maximum absolute atomic E-state index is 3.75. The van der Waals surface area contributed by atoms with Crippen molar-refractivity contribution in [3.05, 3.63) is 48.0 Å². The van der Waals surface area contributed by atoms with Gasteiger partial charge in [-0.2, -0.15) is 0 Å². The van der Waals surface area contributed by atoms with E-state index >= 15 is 0 Å². The Hall–Kier alpha value is -1.08. The topological polar surface area (TPSA) is 12.0 Å². The minimum absolute atomic E-state index is 0.602. The Morgan fingerprint density at radius 1 is 1.24 bits per heavy atom. The predicted molar refractivity (Wildman–Crippen MR) is 74.2 cm³/mol.